The highest BCUT2D eigenvalue weighted by atomic mass is 16.3. The Bertz CT molecular complexity index is 803. The zero-order valence-corrected chi connectivity index (χ0v) is 13.7. The van der Waals surface area contributed by atoms with Crippen LogP contribution in [0.1, 0.15) is 28.3 Å². The summed E-state index contributed by atoms with van der Waals surface area (Å²) in [6.07, 6.45) is 3.92. The summed E-state index contributed by atoms with van der Waals surface area (Å²) in [7, 11) is 0. The molecule has 0 saturated carbocycles. The van der Waals surface area contributed by atoms with Gasteiger partial charge in [-0.3, -0.25) is 4.79 Å². The molecule has 1 aromatic heterocycles. The first-order chi connectivity index (χ1) is 12.3. The van der Waals surface area contributed by atoms with E-state index < -0.39 is 0 Å². The highest BCUT2D eigenvalue weighted by Gasteiger charge is 2.14. The van der Waals surface area contributed by atoms with Gasteiger partial charge < -0.3 is 10.4 Å². The van der Waals surface area contributed by atoms with E-state index >= 15 is 0 Å². The van der Waals surface area contributed by atoms with E-state index in [-0.39, 0.29) is 18.4 Å². The van der Waals surface area contributed by atoms with Gasteiger partial charge in [-0.2, -0.15) is 0 Å². The van der Waals surface area contributed by atoms with Gasteiger partial charge in [0.1, 0.15) is 0 Å². The predicted molar refractivity (Wildman–Crippen MR) is 94.6 cm³/mol. The second-order valence-corrected chi connectivity index (χ2v) is 5.73. The molecule has 1 amide bonds. The van der Waals surface area contributed by atoms with Crippen molar-refractivity contribution in [3.05, 3.63) is 78.1 Å². The first-order valence-corrected chi connectivity index (χ1v) is 8.18. The summed E-state index contributed by atoms with van der Waals surface area (Å²) >= 11 is 0. The third kappa shape index (κ3) is 4.30. The van der Waals surface area contributed by atoms with E-state index in [0.29, 0.717) is 18.5 Å². The minimum absolute atomic E-state index is 0.0775. The molecule has 1 unspecified atom stereocenters. The third-order valence-corrected chi connectivity index (χ3v) is 4.05. The molecule has 0 fully saturated rings. The van der Waals surface area contributed by atoms with Gasteiger partial charge in [0, 0.05) is 24.6 Å². The lowest BCUT2D eigenvalue weighted by Gasteiger charge is -2.17. The van der Waals surface area contributed by atoms with Crippen molar-refractivity contribution in [2.75, 3.05) is 13.2 Å². The molecule has 1 heterocycles. The minimum atomic E-state index is -0.152. The topological polar surface area (TPSA) is 80.0 Å². The summed E-state index contributed by atoms with van der Waals surface area (Å²) in [4.78, 5) is 12.5. The van der Waals surface area contributed by atoms with Crippen LogP contribution in [0.15, 0.2) is 67.0 Å². The van der Waals surface area contributed by atoms with E-state index in [2.05, 4.69) is 15.6 Å². The Hall–Kier alpha value is -2.99. The van der Waals surface area contributed by atoms with E-state index in [1.807, 2.05) is 42.5 Å². The molecule has 3 aromatic rings. The molecule has 0 saturated heterocycles. The molecule has 2 aromatic carbocycles. The van der Waals surface area contributed by atoms with E-state index in [1.54, 1.807) is 29.2 Å². The van der Waals surface area contributed by atoms with Gasteiger partial charge in [0.2, 0.25) is 0 Å². The number of benzene rings is 2. The Balaban J connectivity index is 1.68. The van der Waals surface area contributed by atoms with Crippen molar-refractivity contribution in [1.82, 2.24) is 20.3 Å². The number of rotatable bonds is 7. The highest BCUT2D eigenvalue weighted by Crippen LogP contribution is 2.18. The molecule has 1 atom stereocenters. The van der Waals surface area contributed by atoms with Crippen LogP contribution in [0, 0.1) is 0 Å². The van der Waals surface area contributed by atoms with Crippen LogP contribution in [0.25, 0.3) is 5.69 Å². The molecule has 25 heavy (non-hydrogen) atoms. The molecular formula is C19H20N4O2. The van der Waals surface area contributed by atoms with Gasteiger partial charge in [0.25, 0.3) is 5.91 Å². The highest BCUT2D eigenvalue weighted by molar-refractivity contribution is 5.94. The normalized spacial score (nSPS) is 11.9. The Labute approximate surface area is 146 Å². The van der Waals surface area contributed by atoms with Gasteiger partial charge in [0.05, 0.1) is 18.1 Å². The number of aliphatic hydroxyl groups is 1. The Morgan fingerprint density at radius 1 is 1.16 bits per heavy atom. The molecule has 2 N–H and O–H groups in total. The van der Waals surface area contributed by atoms with Crippen LogP contribution in [-0.4, -0.2) is 39.2 Å². The smallest absolute Gasteiger partial charge is 0.251 e. The average molecular weight is 336 g/mol. The summed E-state index contributed by atoms with van der Waals surface area (Å²) in [5.41, 5.74) is 2.44. The van der Waals surface area contributed by atoms with Crippen LogP contribution in [-0.2, 0) is 0 Å². The maximum Gasteiger partial charge on any atom is 0.251 e. The molecule has 0 spiro atoms. The lowest BCUT2D eigenvalue weighted by atomic mass is 9.96. The van der Waals surface area contributed by atoms with Crippen molar-refractivity contribution >= 4 is 5.91 Å². The summed E-state index contributed by atoms with van der Waals surface area (Å²) < 4.78 is 1.61. The van der Waals surface area contributed by atoms with Crippen molar-refractivity contribution in [2.45, 2.75) is 12.3 Å². The van der Waals surface area contributed by atoms with Crippen LogP contribution in [0.4, 0.5) is 0 Å². The van der Waals surface area contributed by atoms with Crippen LogP contribution < -0.4 is 5.32 Å². The number of aromatic nitrogens is 3. The van der Waals surface area contributed by atoms with E-state index in [0.717, 1.165) is 11.3 Å². The molecule has 0 radical (unpaired) electrons. The zero-order valence-electron chi connectivity index (χ0n) is 13.7. The fraction of sp³-hybridized carbons (Fsp3) is 0.211. The first kappa shape index (κ1) is 16.9. The number of carbonyl (C=O) groups is 1. The number of nitrogens with zero attached hydrogens (tertiary/aromatic N) is 3. The number of amides is 1. The van der Waals surface area contributed by atoms with Crippen molar-refractivity contribution in [1.29, 1.82) is 0 Å². The van der Waals surface area contributed by atoms with Crippen molar-refractivity contribution in [2.24, 2.45) is 0 Å². The number of aliphatic hydroxyl groups excluding tert-OH is 1. The van der Waals surface area contributed by atoms with Gasteiger partial charge in [-0.25, -0.2) is 4.68 Å². The summed E-state index contributed by atoms with van der Waals surface area (Å²) in [5, 5.41) is 20.0. The molecular weight excluding hydrogens is 316 g/mol. The second-order valence-electron chi connectivity index (χ2n) is 5.73. The molecule has 3 rings (SSSR count). The minimum Gasteiger partial charge on any atom is -0.396 e. The number of hydrogen-bond acceptors (Lipinski definition) is 4. The summed E-state index contributed by atoms with van der Waals surface area (Å²) in [6, 6.07) is 17.1. The molecule has 6 heteroatoms. The monoisotopic (exact) mass is 336 g/mol. The number of nitrogens with one attached hydrogen (secondary N) is 1. The fourth-order valence-corrected chi connectivity index (χ4v) is 2.72. The van der Waals surface area contributed by atoms with Crippen molar-refractivity contribution < 1.29 is 9.90 Å². The molecule has 6 nitrogen and oxygen atoms in total. The number of carbonyl (C=O) groups excluding carboxylic acids is 1. The Morgan fingerprint density at radius 2 is 2.00 bits per heavy atom. The standard InChI is InChI=1S/C19H20N4O2/c24-12-9-17(15-5-2-1-3-6-15)14-20-19(25)16-7-4-8-18(13-16)23-11-10-21-22-23/h1-8,10-11,13,17,24H,9,12,14H2,(H,20,25). The van der Waals surface area contributed by atoms with Crippen LogP contribution in [0.3, 0.4) is 0 Å². The maximum absolute atomic E-state index is 12.5. The van der Waals surface area contributed by atoms with Crippen LogP contribution in [0.2, 0.25) is 0 Å². The maximum atomic E-state index is 12.5. The lowest BCUT2D eigenvalue weighted by Crippen LogP contribution is -2.29. The Kier molecular flexibility index (Phi) is 5.53. The zero-order chi connectivity index (χ0) is 17.5. The van der Waals surface area contributed by atoms with E-state index in [4.69, 9.17) is 0 Å². The van der Waals surface area contributed by atoms with Crippen LogP contribution >= 0.6 is 0 Å². The van der Waals surface area contributed by atoms with Gasteiger partial charge in [-0.05, 0) is 30.2 Å². The summed E-state index contributed by atoms with van der Waals surface area (Å²) in [5.74, 6) is -0.0746. The molecule has 0 aliphatic heterocycles. The molecule has 0 aliphatic rings. The Morgan fingerprint density at radius 3 is 2.72 bits per heavy atom. The predicted octanol–water partition coefficient (Wildman–Crippen LogP) is 2.16. The van der Waals surface area contributed by atoms with Gasteiger partial charge in [0.15, 0.2) is 0 Å². The fourth-order valence-electron chi connectivity index (χ4n) is 2.72. The molecule has 128 valence electrons. The largest absolute Gasteiger partial charge is 0.396 e. The van der Waals surface area contributed by atoms with Crippen molar-refractivity contribution in [3.8, 4) is 5.69 Å². The van der Waals surface area contributed by atoms with Gasteiger partial charge in [-0.1, -0.05) is 41.6 Å². The number of hydrogen-bond donors (Lipinski definition) is 2. The quantitative estimate of drug-likeness (QED) is 0.693. The second kappa shape index (κ2) is 8.21. The SMILES string of the molecule is O=C(NCC(CCO)c1ccccc1)c1cccc(-n2ccnn2)c1. The van der Waals surface area contributed by atoms with Crippen LogP contribution in [0.5, 0.6) is 0 Å². The van der Waals surface area contributed by atoms with Gasteiger partial charge >= 0.3 is 0 Å². The summed E-state index contributed by atoms with van der Waals surface area (Å²) in [6.45, 7) is 0.550. The lowest BCUT2D eigenvalue weighted by molar-refractivity contribution is 0.0949. The average Bonchev–Trinajstić information content (AvgIpc) is 3.20. The molecule has 0 bridgehead atoms. The third-order valence-electron chi connectivity index (χ3n) is 4.05. The first-order valence-electron chi connectivity index (χ1n) is 8.18. The van der Waals surface area contributed by atoms with E-state index in [9.17, 15) is 9.90 Å². The molecule has 0 aliphatic carbocycles. The van der Waals surface area contributed by atoms with E-state index in [1.165, 1.54) is 0 Å². The van der Waals surface area contributed by atoms with Gasteiger partial charge in [-0.15, -0.1) is 5.10 Å². The van der Waals surface area contributed by atoms with Crippen molar-refractivity contribution in [3.63, 3.8) is 0 Å².